The first-order valence-corrected chi connectivity index (χ1v) is 8.68. The molecule has 0 amide bonds. The summed E-state index contributed by atoms with van der Waals surface area (Å²) in [5.41, 5.74) is 1.32. The summed E-state index contributed by atoms with van der Waals surface area (Å²) in [6.45, 7) is 4.89. The van der Waals surface area contributed by atoms with Gasteiger partial charge in [-0.2, -0.15) is 18.3 Å². The summed E-state index contributed by atoms with van der Waals surface area (Å²) in [6.07, 6.45) is -4.46. The summed E-state index contributed by atoms with van der Waals surface area (Å²) < 4.78 is 38.4. The third kappa shape index (κ3) is 5.77. The summed E-state index contributed by atoms with van der Waals surface area (Å²) in [6, 6.07) is 6.58. The Morgan fingerprint density at radius 2 is 1.92 bits per heavy atom. The van der Waals surface area contributed by atoms with Gasteiger partial charge in [0.25, 0.3) is 0 Å². The number of rotatable bonds is 3. The number of hydrogen-bond donors (Lipinski definition) is 2. The van der Waals surface area contributed by atoms with Crippen molar-refractivity contribution in [2.24, 2.45) is 5.10 Å². The minimum absolute atomic E-state index is 0.0689. The zero-order chi connectivity index (χ0) is 19.5. The van der Waals surface area contributed by atoms with E-state index in [0.29, 0.717) is 5.71 Å². The van der Waals surface area contributed by atoms with Gasteiger partial charge in [-0.25, -0.2) is 0 Å². The maximum Gasteiger partial charge on any atom is 0.416 e. The second-order valence-electron chi connectivity index (χ2n) is 5.97. The molecule has 2 rings (SSSR count). The fourth-order valence-corrected chi connectivity index (χ4v) is 2.76. The van der Waals surface area contributed by atoms with Crippen molar-refractivity contribution >= 4 is 34.3 Å². The van der Waals surface area contributed by atoms with E-state index in [-0.39, 0.29) is 10.7 Å². The number of benzene rings is 1. The van der Waals surface area contributed by atoms with Crippen LogP contribution >= 0.6 is 22.9 Å². The van der Waals surface area contributed by atoms with E-state index in [1.807, 2.05) is 0 Å². The van der Waals surface area contributed by atoms with E-state index in [1.54, 1.807) is 32.9 Å². The minimum Gasteiger partial charge on any atom is -0.378 e. The van der Waals surface area contributed by atoms with Gasteiger partial charge in [-0.1, -0.05) is 23.4 Å². The van der Waals surface area contributed by atoms with Crippen LogP contribution < -0.4 is 5.43 Å². The smallest absolute Gasteiger partial charge is 0.378 e. The van der Waals surface area contributed by atoms with Crippen molar-refractivity contribution in [3.63, 3.8) is 0 Å². The Kier molecular flexibility index (Phi) is 6.02. The van der Waals surface area contributed by atoms with Crippen LogP contribution in [0.5, 0.6) is 0 Å². The lowest BCUT2D eigenvalue weighted by atomic mass is 10.1. The molecule has 3 nitrogen and oxygen atoms in total. The number of nitrogens with zero attached hydrogens (tertiary/aromatic N) is 1. The van der Waals surface area contributed by atoms with Crippen molar-refractivity contribution in [2.75, 3.05) is 5.43 Å². The molecule has 138 valence electrons. The lowest BCUT2D eigenvalue weighted by molar-refractivity contribution is -0.137. The van der Waals surface area contributed by atoms with Gasteiger partial charge < -0.3 is 5.11 Å². The molecular formula is C18H16ClF3N2OS. The van der Waals surface area contributed by atoms with Crippen molar-refractivity contribution in [2.45, 2.75) is 32.5 Å². The van der Waals surface area contributed by atoms with Crippen LogP contribution in [0, 0.1) is 11.8 Å². The highest BCUT2D eigenvalue weighted by atomic mass is 35.5. The van der Waals surface area contributed by atoms with Gasteiger partial charge in [0, 0.05) is 0 Å². The van der Waals surface area contributed by atoms with Crippen molar-refractivity contribution in [3.8, 4) is 11.8 Å². The highest BCUT2D eigenvalue weighted by Gasteiger charge is 2.30. The van der Waals surface area contributed by atoms with Crippen molar-refractivity contribution in [1.29, 1.82) is 0 Å². The second-order valence-corrected chi connectivity index (χ2v) is 7.47. The van der Waals surface area contributed by atoms with Crippen molar-refractivity contribution < 1.29 is 18.3 Å². The number of hydrogen-bond acceptors (Lipinski definition) is 4. The molecule has 1 aromatic heterocycles. The average Bonchev–Trinajstić information content (AvgIpc) is 2.99. The highest BCUT2D eigenvalue weighted by molar-refractivity contribution is 7.14. The molecule has 0 bridgehead atoms. The van der Waals surface area contributed by atoms with Gasteiger partial charge >= 0.3 is 6.18 Å². The first-order valence-electron chi connectivity index (χ1n) is 7.48. The van der Waals surface area contributed by atoms with E-state index in [0.717, 1.165) is 21.9 Å². The number of nitrogens with one attached hydrogen (secondary N) is 1. The van der Waals surface area contributed by atoms with Gasteiger partial charge in [0.2, 0.25) is 0 Å². The van der Waals surface area contributed by atoms with Crippen LogP contribution in [0.1, 0.15) is 36.1 Å². The molecule has 0 spiro atoms. The summed E-state index contributed by atoms with van der Waals surface area (Å²) in [5, 5.41) is 13.9. The highest BCUT2D eigenvalue weighted by Crippen LogP contribution is 2.33. The molecule has 0 aliphatic rings. The first-order chi connectivity index (χ1) is 12.0. The van der Waals surface area contributed by atoms with Gasteiger partial charge in [0.15, 0.2) is 0 Å². The van der Waals surface area contributed by atoms with Crippen LogP contribution in [0.15, 0.2) is 35.4 Å². The zero-order valence-corrected chi connectivity index (χ0v) is 15.8. The first kappa shape index (κ1) is 20.3. The Balaban J connectivity index is 2.19. The molecule has 0 aliphatic carbocycles. The van der Waals surface area contributed by atoms with Gasteiger partial charge in [0.1, 0.15) is 5.60 Å². The Bertz CT molecular complexity index is 886. The predicted octanol–water partition coefficient (Wildman–Crippen LogP) is 5.38. The summed E-state index contributed by atoms with van der Waals surface area (Å²) in [7, 11) is 0. The lowest BCUT2D eigenvalue weighted by Crippen LogP contribution is -2.14. The Hall–Kier alpha value is -2.01. The quantitative estimate of drug-likeness (QED) is 0.413. The van der Waals surface area contributed by atoms with Crippen molar-refractivity contribution in [3.05, 3.63) is 50.7 Å². The van der Waals surface area contributed by atoms with Crippen LogP contribution in [0.4, 0.5) is 18.9 Å². The van der Waals surface area contributed by atoms with Crippen LogP contribution in [0.2, 0.25) is 5.02 Å². The molecule has 0 atom stereocenters. The largest absolute Gasteiger partial charge is 0.416 e. The average molecular weight is 401 g/mol. The molecule has 0 saturated carbocycles. The maximum absolute atomic E-state index is 12.8. The molecule has 0 fully saturated rings. The van der Waals surface area contributed by atoms with E-state index >= 15 is 0 Å². The third-order valence-electron chi connectivity index (χ3n) is 3.09. The molecule has 1 aromatic carbocycles. The monoisotopic (exact) mass is 400 g/mol. The van der Waals surface area contributed by atoms with Crippen LogP contribution in [-0.4, -0.2) is 16.4 Å². The normalized spacial score (nSPS) is 12.5. The van der Waals surface area contributed by atoms with Gasteiger partial charge in [-0.15, -0.1) is 11.3 Å². The molecule has 26 heavy (non-hydrogen) atoms. The fourth-order valence-electron chi connectivity index (χ4n) is 1.80. The molecule has 1 heterocycles. The van der Waals surface area contributed by atoms with Crippen LogP contribution in [0.25, 0.3) is 0 Å². The van der Waals surface area contributed by atoms with Gasteiger partial charge in [0.05, 0.1) is 31.7 Å². The summed E-state index contributed by atoms with van der Waals surface area (Å²) in [5.74, 6) is 5.58. The van der Waals surface area contributed by atoms with E-state index in [9.17, 15) is 18.3 Å². The molecule has 0 radical (unpaired) electrons. The van der Waals surface area contributed by atoms with E-state index in [4.69, 9.17) is 11.6 Å². The standard InChI is InChI=1S/C18H16ClF3N2OS/c1-11(16-7-5-13(26-16)8-9-17(2,3)25)23-24-15-10-12(18(20,21)22)4-6-14(15)19/h4-7,10,24-25H,1-3H3/b23-11-. The molecule has 0 aliphatic heterocycles. The van der Waals surface area contributed by atoms with E-state index < -0.39 is 17.3 Å². The summed E-state index contributed by atoms with van der Waals surface area (Å²) >= 11 is 7.29. The Labute approximate surface area is 158 Å². The van der Waals surface area contributed by atoms with Crippen molar-refractivity contribution in [1.82, 2.24) is 0 Å². The maximum atomic E-state index is 12.8. The third-order valence-corrected chi connectivity index (χ3v) is 4.53. The number of thiophene rings is 1. The molecule has 2 aromatic rings. The van der Waals surface area contributed by atoms with Crippen LogP contribution in [-0.2, 0) is 6.18 Å². The minimum atomic E-state index is -4.46. The summed E-state index contributed by atoms with van der Waals surface area (Å²) in [4.78, 5) is 1.54. The SMILES string of the molecule is C/C(=N/Nc1cc(C(F)(F)F)ccc1Cl)c1ccc(C#CC(C)(C)O)s1. The zero-order valence-electron chi connectivity index (χ0n) is 14.2. The second kappa shape index (κ2) is 7.70. The Morgan fingerprint density at radius 3 is 2.54 bits per heavy atom. The Morgan fingerprint density at radius 1 is 1.23 bits per heavy atom. The number of alkyl halides is 3. The molecule has 0 unspecified atom stereocenters. The van der Waals surface area contributed by atoms with Crippen LogP contribution in [0.3, 0.4) is 0 Å². The van der Waals surface area contributed by atoms with E-state index in [1.165, 1.54) is 17.4 Å². The van der Waals surface area contributed by atoms with Gasteiger partial charge in [-0.3, -0.25) is 5.43 Å². The number of hydrazone groups is 1. The number of anilines is 1. The molecular weight excluding hydrogens is 385 g/mol. The molecule has 8 heteroatoms. The molecule has 2 N–H and O–H groups in total. The number of halogens is 4. The van der Waals surface area contributed by atoms with Gasteiger partial charge in [-0.05, 0) is 51.1 Å². The lowest BCUT2D eigenvalue weighted by Gasteiger charge is -2.10. The molecule has 0 saturated heterocycles. The van der Waals surface area contributed by atoms with E-state index in [2.05, 4.69) is 22.4 Å². The predicted molar refractivity (Wildman–Crippen MR) is 99.8 cm³/mol. The topological polar surface area (TPSA) is 44.6 Å². The fraction of sp³-hybridized carbons (Fsp3) is 0.278. The number of aliphatic hydroxyl groups is 1.